The summed E-state index contributed by atoms with van der Waals surface area (Å²) >= 11 is 0. The van der Waals surface area contributed by atoms with Crippen LogP contribution in [0.1, 0.15) is 0 Å². The van der Waals surface area contributed by atoms with E-state index < -0.39 is 7.12 Å². The molecule has 0 aliphatic rings. The molecule has 0 atom stereocenters. The molecule has 5 heteroatoms. The summed E-state index contributed by atoms with van der Waals surface area (Å²) < 4.78 is 0. The predicted molar refractivity (Wildman–Crippen MR) is 110 cm³/mol. The second-order valence-corrected chi connectivity index (χ2v) is 6.60. The molecule has 0 fully saturated rings. The largest absolute Gasteiger partial charge is 0.488 e. The molecule has 0 aliphatic heterocycles. The van der Waals surface area contributed by atoms with Crippen LogP contribution in [0.25, 0.3) is 43.8 Å². The summed E-state index contributed by atoms with van der Waals surface area (Å²) in [6.07, 6.45) is 1.79. The van der Waals surface area contributed by atoms with Gasteiger partial charge in [0.2, 0.25) is 0 Å². The Morgan fingerprint density at radius 1 is 0.667 bits per heavy atom. The zero-order chi connectivity index (χ0) is 18.4. The van der Waals surface area contributed by atoms with Crippen molar-refractivity contribution >= 4 is 45.2 Å². The van der Waals surface area contributed by atoms with Gasteiger partial charge in [0, 0.05) is 22.5 Å². The third kappa shape index (κ3) is 2.74. The molecule has 2 aromatic heterocycles. The normalized spacial score (nSPS) is 11.3. The second-order valence-electron chi connectivity index (χ2n) is 6.60. The molecule has 0 radical (unpaired) electrons. The van der Waals surface area contributed by atoms with Gasteiger partial charge < -0.3 is 10.0 Å². The van der Waals surface area contributed by atoms with E-state index in [9.17, 15) is 10.0 Å². The van der Waals surface area contributed by atoms with Gasteiger partial charge >= 0.3 is 7.12 Å². The highest BCUT2D eigenvalue weighted by molar-refractivity contribution is 6.58. The fourth-order valence-electron chi connectivity index (χ4n) is 3.47. The van der Waals surface area contributed by atoms with Crippen molar-refractivity contribution in [3.63, 3.8) is 0 Å². The summed E-state index contributed by atoms with van der Waals surface area (Å²) in [4.78, 5) is 9.39. The number of benzene rings is 3. The number of hydrogen-bond acceptors (Lipinski definition) is 4. The molecule has 27 heavy (non-hydrogen) atoms. The highest BCUT2D eigenvalue weighted by Gasteiger charge is 2.11. The van der Waals surface area contributed by atoms with Gasteiger partial charge in [-0.1, -0.05) is 54.6 Å². The van der Waals surface area contributed by atoms with E-state index in [0.717, 1.165) is 43.8 Å². The van der Waals surface area contributed by atoms with Gasteiger partial charge in [0.15, 0.2) is 0 Å². The lowest BCUT2D eigenvalue weighted by molar-refractivity contribution is 0.426. The van der Waals surface area contributed by atoms with Gasteiger partial charge in [-0.3, -0.25) is 4.98 Å². The first-order valence-electron chi connectivity index (χ1n) is 8.74. The van der Waals surface area contributed by atoms with Crippen LogP contribution < -0.4 is 5.46 Å². The Balaban J connectivity index is 1.68. The summed E-state index contributed by atoms with van der Waals surface area (Å²) in [6.45, 7) is 0. The van der Waals surface area contributed by atoms with Crippen molar-refractivity contribution in [3.8, 4) is 11.3 Å². The van der Waals surface area contributed by atoms with Crippen molar-refractivity contribution < 1.29 is 10.0 Å². The van der Waals surface area contributed by atoms with Gasteiger partial charge in [0.25, 0.3) is 0 Å². The minimum Gasteiger partial charge on any atom is -0.423 e. The van der Waals surface area contributed by atoms with E-state index >= 15 is 0 Å². The number of nitrogens with zero attached hydrogens (tertiary/aromatic N) is 2. The average Bonchev–Trinajstić information content (AvgIpc) is 2.72. The van der Waals surface area contributed by atoms with Crippen molar-refractivity contribution in [2.45, 2.75) is 0 Å². The van der Waals surface area contributed by atoms with E-state index in [2.05, 4.69) is 29.2 Å². The van der Waals surface area contributed by atoms with Gasteiger partial charge in [-0.15, -0.1) is 0 Å². The van der Waals surface area contributed by atoms with Crippen LogP contribution in [0.5, 0.6) is 0 Å². The summed E-state index contributed by atoms with van der Waals surface area (Å²) in [5, 5.41) is 22.8. The first-order valence-corrected chi connectivity index (χ1v) is 8.74. The maximum Gasteiger partial charge on any atom is 0.488 e. The van der Waals surface area contributed by atoms with Crippen molar-refractivity contribution in [1.82, 2.24) is 9.97 Å². The van der Waals surface area contributed by atoms with E-state index in [1.54, 1.807) is 18.3 Å². The summed E-state index contributed by atoms with van der Waals surface area (Å²) in [5.41, 5.74) is 4.17. The van der Waals surface area contributed by atoms with Gasteiger partial charge in [-0.2, -0.15) is 0 Å². The average molecular weight is 350 g/mol. The van der Waals surface area contributed by atoms with Gasteiger partial charge in [0.05, 0.1) is 16.7 Å². The highest BCUT2D eigenvalue weighted by Crippen LogP contribution is 2.27. The molecule has 0 saturated heterocycles. The number of fused-ring (bicyclic) bond motifs is 4. The Hall–Kier alpha value is -3.28. The highest BCUT2D eigenvalue weighted by atomic mass is 16.4. The molecule has 0 aliphatic carbocycles. The van der Waals surface area contributed by atoms with E-state index in [1.165, 1.54) is 0 Å². The monoisotopic (exact) mass is 350 g/mol. The Bertz CT molecular complexity index is 1320. The fraction of sp³-hybridized carbons (Fsp3) is 0. The molecule has 5 rings (SSSR count). The Kier molecular flexibility index (Phi) is 3.64. The third-order valence-electron chi connectivity index (χ3n) is 4.89. The molecule has 128 valence electrons. The van der Waals surface area contributed by atoms with Crippen molar-refractivity contribution in [3.05, 3.63) is 79.0 Å². The van der Waals surface area contributed by atoms with Crippen LogP contribution in [-0.4, -0.2) is 27.1 Å². The molecule has 2 N–H and O–H groups in total. The summed E-state index contributed by atoms with van der Waals surface area (Å²) in [6, 6.07) is 23.6. The molecule has 0 amide bonds. The number of hydrogen-bond donors (Lipinski definition) is 2. The molecule has 2 heterocycles. The molecule has 0 saturated carbocycles. The quantitative estimate of drug-likeness (QED) is 0.379. The predicted octanol–water partition coefficient (Wildman–Crippen LogP) is 3.28. The molecule has 0 spiro atoms. The summed E-state index contributed by atoms with van der Waals surface area (Å²) in [5.74, 6) is 0. The molecule has 0 unspecified atom stereocenters. The zero-order valence-corrected chi connectivity index (χ0v) is 14.4. The molecule has 5 aromatic rings. The minimum absolute atomic E-state index is 0.483. The van der Waals surface area contributed by atoms with E-state index in [4.69, 9.17) is 4.98 Å². The van der Waals surface area contributed by atoms with Gasteiger partial charge in [-0.25, -0.2) is 4.98 Å². The first-order chi connectivity index (χ1) is 13.2. The molecule has 0 bridgehead atoms. The maximum atomic E-state index is 9.34. The smallest absolute Gasteiger partial charge is 0.423 e. The van der Waals surface area contributed by atoms with Crippen LogP contribution in [0.4, 0.5) is 0 Å². The van der Waals surface area contributed by atoms with E-state index in [1.807, 2.05) is 36.4 Å². The standard InChI is InChI=1S/C22H15BN2O2/c26-23(27)19-9-7-16-12-18(6-5-17(16)13-19)20-10-8-15-4-3-14-2-1-11-24-21(14)22(15)25-20/h1-13,26-27H. The maximum absolute atomic E-state index is 9.34. The van der Waals surface area contributed by atoms with E-state index in [-0.39, 0.29) is 0 Å². The van der Waals surface area contributed by atoms with Crippen LogP contribution in [0, 0.1) is 0 Å². The Morgan fingerprint density at radius 3 is 2.22 bits per heavy atom. The lowest BCUT2D eigenvalue weighted by Gasteiger charge is -2.08. The SMILES string of the molecule is OB(O)c1ccc2cc(-c3ccc4ccc5cccnc5c4n3)ccc2c1. The van der Waals surface area contributed by atoms with Crippen molar-refractivity contribution in [2.75, 3.05) is 0 Å². The topological polar surface area (TPSA) is 66.2 Å². The molecular formula is C22H15BN2O2. The van der Waals surface area contributed by atoms with Crippen LogP contribution >= 0.6 is 0 Å². The van der Waals surface area contributed by atoms with Crippen LogP contribution in [0.2, 0.25) is 0 Å². The Labute approximate surface area is 155 Å². The third-order valence-corrected chi connectivity index (χ3v) is 4.89. The van der Waals surface area contributed by atoms with Crippen LogP contribution in [-0.2, 0) is 0 Å². The van der Waals surface area contributed by atoms with Gasteiger partial charge in [0.1, 0.15) is 0 Å². The molecule has 3 aromatic carbocycles. The number of rotatable bonds is 2. The minimum atomic E-state index is -1.46. The lowest BCUT2D eigenvalue weighted by Crippen LogP contribution is -2.29. The summed E-state index contributed by atoms with van der Waals surface area (Å²) in [7, 11) is -1.46. The first kappa shape index (κ1) is 15.9. The van der Waals surface area contributed by atoms with Crippen LogP contribution in [0.15, 0.2) is 79.0 Å². The van der Waals surface area contributed by atoms with Crippen LogP contribution in [0.3, 0.4) is 0 Å². The number of pyridine rings is 2. The fourth-order valence-corrected chi connectivity index (χ4v) is 3.47. The molecular weight excluding hydrogens is 335 g/mol. The van der Waals surface area contributed by atoms with Crippen molar-refractivity contribution in [2.24, 2.45) is 0 Å². The van der Waals surface area contributed by atoms with Gasteiger partial charge in [-0.05, 0) is 34.4 Å². The number of aromatic nitrogens is 2. The van der Waals surface area contributed by atoms with Crippen molar-refractivity contribution in [1.29, 1.82) is 0 Å². The zero-order valence-electron chi connectivity index (χ0n) is 14.4. The molecule has 4 nitrogen and oxygen atoms in total. The second kappa shape index (κ2) is 6.16. The Morgan fingerprint density at radius 2 is 1.37 bits per heavy atom. The van der Waals surface area contributed by atoms with E-state index in [0.29, 0.717) is 5.46 Å². The lowest BCUT2D eigenvalue weighted by atomic mass is 9.79.